The van der Waals surface area contributed by atoms with Gasteiger partial charge in [-0.2, -0.15) is 0 Å². The third kappa shape index (κ3) is 33.3. The number of aliphatic hydroxyl groups is 1. The van der Waals surface area contributed by atoms with Gasteiger partial charge in [-0.25, -0.2) is 0 Å². The molecule has 0 heterocycles. The van der Waals surface area contributed by atoms with Gasteiger partial charge in [0.05, 0.1) is 6.10 Å². The van der Waals surface area contributed by atoms with Crippen molar-refractivity contribution in [1.82, 2.24) is 0 Å². The van der Waals surface area contributed by atoms with E-state index in [1.165, 1.54) is 135 Å². The maximum Gasteiger partial charge on any atom is 0.0573 e. The van der Waals surface area contributed by atoms with E-state index in [0.29, 0.717) is 11.8 Å². The van der Waals surface area contributed by atoms with Crippen molar-refractivity contribution < 1.29 is 5.11 Å². The van der Waals surface area contributed by atoms with E-state index >= 15 is 0 Å². The first-order valence-corrected chi connectivity index (χ1v) is 36.9. The van der Waals surface area contributed by atoms with Gasteiger partial charge in [0.1, 0.15) is 0 Å². The first-order chi connectivity index (χ1) is 39.3. The predicted molar refractivity (Wildman–Crippen MR) is 383 cm³/mol. The Morgan fingerprint density at radius 1 is 0.333 bits per heavy atom. The molecule has 1 N–H and O–H groups in total. The Balaban J connectivity index is 0.000000480. The minimum Gasteiger partial charge on any atom is -0.393 e. The van der Waals surface area contributed by atoms with Crippen LogP contribution in [0.25, 0.3) is 0 Å². The largest absolute Gasteiger partial charge is 0.393 e. The zero-order chi connectivity index (χ0) is 64.0. The molecule has 8 aliphatic rings. The van der Waals surface area contributed by atoms with Crippen LogP contribution in [0.4, 0.5) is 0 Å². The standard InChI is InChI=1S/4C11H20.C10H20O.C10H20.C10H18.C9H16/c4*1-8(2)11-6-5-9(3)7-10(11)4;1-7(2)9-5-4-8(3)6-10(9)11;2*1-8(2)10-6-4-9(3)5-7-10;1-3-9-6-4-8(2)5-7-9/h4*5,8,10-11H,6-7H2,1-4H3;7-11H,4-6H2,1-3H3;8-10H,4-7H2,1-3H3;4,8,10H,5-7H2,1-3H3;4,9H,3,5-7H2,1-2H3/t2*10-,11+;2*10-,11-;8-,9+,10?;;10-;9-/m10101.01/s1. The van der Waals surface area contributed by atoms with Crippen molar-refractivity contribution in [3.05, 3.63) is 69.9 Å². The maximum atomic E-state index is 9.71. The van der Waals surface area contributed by atoms with Crippen molar-refractivity contribution in [1.29, 1.82) is 0 Å². The lowest BCUT2D eigenvalue weighted by Gasteiger charge is -2.33. The summed E-state index contributed by atoms with van der Waals surface area (Å²) < 4.78 is 0. The quantitative estimate of drug-likeness (QED) is 0.240. The van der Waals surface area contributed by atoms with E-state index in [-0.39, 0.29) is 6.10 Å². The highest BCUT2D eigenvalue weighted by Crippen LogP contribution is 2.39. The van der Waals surface area contributed by atoms with Gasteiger partial charge in [0, 0.05) is 0 Å². The Morgan fingerprint density at radius 3 is 0.893 bits per heavy atom. The lowest BCUT2D eigenvalue weighted by Crippen LogP contribution is -2.31. The van der Waals surface area contributed by atoms with E-state index in [0.717, 1.165) is 119 Å². The molecule has 0 amide bonds. The van der Waals surface area contributed by atoms with E-state index in [9.17, 15) is 5.11 Å². The van der Waals surface area contributed by atoms with Crippen LogP contribution in [-0.4, -0.2) is 11.2 Å². The van der Waals surface area contributed by atoms with Crippen molar-refractivity contribution >= 4 is 0 Å². The number of rotatable bonds is 8. The molecule has 0 radical (unpaired) electrons. The normalized spacial score (nSPS) is 32.4. The summed E-state index contributed by atoms with van der Waals surface area (Å²) in [6.07, 6.45) is 44.0. The molecule has 8 aliphatic carbocycles. The minimum atomic E-state index is -0.0289. The SMILES string of the molecule is CC(C)[C@@H]1CC[C@@H](C)CC1O.CC1=CC[C@@H](C(C)C)[C@@H](C)C1.CC1=CC[C@@H](C(C)C)[C@H](C)C1.CC1=CC[C@H](C(C)C)CC1.CC1=CC[C@H](C(C)C)[C@@H](C)C1.CC1=CC[C@H](C(C)C)[C@H](C)C1.CC1CCC(C(C)C)CC1.CC[C@@H]1CC=C(C)CC1. The molecule has 0 saturated heterocycles. The topological polar surface area (TPSA) is 20.2 Å². The minimum absolute atomic E-state index is 0.0289. The van der Waals surface area contributed by atoms with Gasteiger partial charge in [0.25, 0.3) is 0 Å². The second-order valence-electron chi connectivity index (χ2n) is 33.1. The molecule has 0 aromatic heterocycles. The summed E-state index contributed by atoms with van der Waals surface area (Å²) in [6.45, 7) is 62.5. The second kappa shape index (κ2) is 43.2. The van der Waals surface area contributed by atoms with E-state index in [1.54, 1.807) is 33.4 Å². The fraction of sp³-hybridized carbons (Fsp3) is 0.855. The van der Waals surface area contributed by atoms with Gasteiger partial charge >= 0.3 is 0 Å². The Hall–Kier alpha value is -1.60. The summed E-state index contributed by atoms with van der Waals surface area (Å²) in [4.78, 5) is 0. The van der Waals surface area contributed by atoms with Gasteiger partial charge in [-0.15, -0.1) is 0 Å². The molecule has 13 atom stereocenters. The summed E-state index contributed by atoms with van der Waals surface area (Å²) in [7, 11) is 0. The number of aliphatic hydroxyl groups excluding tert-OH is 1. The summed E-state index contributed by atoms with van der Waals surface area (Å²) in [5.41, 5.74) is 9.56. The molecule has 0 aromatic carbocycles. The molecule has 2 fully saturated rings. The molecule has 8 rings (SSSR count). The van der Waals surface area contributed by atoms with Crippen LogP contribution in [0.15, 0.2) is 69.9 Å². The van der Waals surface area contributed by atoms with E-state index < -0.39 is 0 Å². The predicted octanol–water partition coefficient (Wildman–Crippen LogP) is 27.0. The number of allylic oxidation sites excluding steroid dienone is 12. The smallest absolute Gasteiger partial charge is 0.0573 e. The van der Waals surface area contributed by atoms with Crippen molar-refractivity contribution in [3.63, 3.8) is 0 Å². The van der Waals surface area contributed by atoms with Crippen molar-refractivity contribution in [3.8, 4) is 0 Å². The average molecular weight is 1170 g/mol. The molecule has 1 heteroatoms. The van der Waals surface area contributed by atoms with Crippen LogP contribution in [0.2, 0.25) is 0 Å². The summed E-state index contributed by atoms with van der Waals surface area (Å²) >= 11 is 0. The highest BCUT2D eigenvalue weighted by atomic mass is 16.3. The molecule has 0 aliphatic heterocycles. The van der Waals surface area contributed by atoms with Crippen molar-refractivity contribution in [2.75, 3.05) is 0 Å². The molecule has 0 aromatic rings. The van der Waals surface area contributed by atoms with Crippen molar-refractivity contribution in [2.24, 2.45) is 124 Å². The highest BCUT2D eigenvalue weighted by Gasteiger charge is 2.30. The average Bonchev–Trinajstić information content (AvgIpc) is 3.49. The van der Waals surface area contributed by atoms with Crippen LogP contribution in [0.5, 0.6) is 0 Å². The molecule has 0 bridgehead atoms. The van der Waals surface area contributed by atoms with Crippen LogP contribution >= 0.6 is 0 Å². The van der Waals surface area contributed by atoms with Gasteiger partial charge in [-0.05, 0) is 281 Å². The first kappa shape index (κ1) is 80.4. The van der Waals surface area contributed by atoms with Gasteiger partial charge in [-0.3, -0.25) is 0 Å². The molecule has 1 nitrogen and oxygen atoms in total. The fourth-order valence-electron chi connectivity index (χ4n) is 16.1. The van der Waals surface area contributed by atoms with Crippen LogP contribution in [0.1, 0.15) is 328 Å². The zero-order valence-corrected chi connectivity index (χ0v) is 62.2. The maximum absolute atomic E-state index is 9.71. The van der Waals surface area contributed by atoms with Crippen LogP contribution in [-0.2, 0) is 0 Å². The Kier molecular flexibility index (Phi) is 41.3. The first-order valence-electron chi connectivity index (χ1n) is 36.9. The van der Waals surface area contributed by atoms with Gasteiger partial charge in [0.15, 0.2) is 0 Å². The monoisotopic (exact) mass is 1170 g/mol. The summed E-state index contributed by atoms with van der Waals surface area (Å²) in [5.74, 6) is 18.5. The third-order valence-corrected chi connectivity index (χ3v) is 22.8. The molecular weight excluding hydrogens is 1010 g/mol. The highest BCUT2D eigenvalue weighted by molar-refractivity contribution is 5.08. The van der Waals surface area contributed by atoms with Crippen LogP contribution < -0.4 is 0 Å². The van der Waals surface area contributed by atoms with E-state index in [4.69, 9.17) is 0 Å². The van der Waals surface area contributed by atoms with Gasteiger partial charge in [-0.1, -0.05) is 241 Å². The Bertz CT molecular complexity index is 1730. The van der Waals surface area contributed by atoms with Crippen molar-refractivity contribution in [2.45, 2.75) is 334 Å². The number of hydrogen-bond acceptors (Lipinski definition) is 1. The molecule has 2 saturated carbocycles. The molecule has 1 unspecified atom stereocenters. The van der Waals surface area contributed by atoms with Crippen LogP contribution in [0, 0.1) is 124 Å². The van der Waals surface area contributed by atoms with E-state index in [2.05, 4.69) is 223 Å². The molecular formula is C83H154O. The lowest BCUT2D eigenvalue weighted by molar-refractivity contribution is 0.0266. The molecule has 0 spiro atoms. The summed E-state index contributed by atoms with van der Waals surface area (Å²) in [5, 5.41) is 9.71. The van der Waals surface area contributed by atoms with Crippen LogP contribution in [0.3, 0.4) is 0 Å². The Labute approximate surface area is 530 Å². The fourth-order valence-corrected chi connectivity index (χ4v) is 16.1. The molecule has 492 valence electrons. The lowest BCUT2D eigenvalue weighted by atomic mass is 9.75. The van der Waals surface area contributed by atoms with Gasteiger partial charge in [0.2, 0.25) is 0 Å². The van der Waals surface area contributed by atoms with Gasteiger partial charge < -0.3 is 5.11 Å². The Morgan fingerprint density at radius 2 is 0.643 bits per heavy atom. The third-order valence-electron chi connectivity index (χ3n) is 22.8. The molecule has 84 heavy (non-hydrogen) atoms. The van der Waals surface area contributed by atoms with E-state index in [1.807, 2.05) is 0 Å². The second-order valence-corrected chi connectivity index (χ2v) is 33.1. The zero-order valence-electron chi connectivity index (χ0n) is 62.2. The summed E-state index contributed by atoms with van der Waals surface area (Å²) in [6, 6.07) is 0. The number of hydrogen-bond donors (Lipinski definition) is 1.